The van der Waals surface area contributed by atoms with Crippen LogP contribution in [0.1, 0.15) is 26.0 Å². The summed E-state index contributed by atoms with van der Waals surface area (Å²) in [6, 6.07) is 15.8. The number of aromatic nitrogens is 3. The molecule has 11 heteroatoms. The third-order valence-corrected chi connectivity index (χ3v) is 5.76. The zero-order valence-corrected chi connectivity index (χ0v) is 22.9. The summed E-state index contributed by atoms with van der Waals surface area (Å²) in [5, 5.41) is 15.6. The second kappa shape index (κ2) is 14.5. The molecule has 0 aliphatic rings. The van der Waals surface area contributed by atoms with Crippen molar-refractivity contribution < 1.29 is 19.4 Å². The van der Waals surface area contributed by atoms with Crippen molar-refractivity contribution in [3.05, 3.63) is 90.5 Å². The molecular weight excluding hydrogens is 532 g/mol. The number of nitrogens with one attached hydrogen (secondary N) is 2. The molecule has 5 N–H and O–H groups in total. The number of carboxylic acid groups (broad SMARTS) is 1. The molecular formula is C29H31ClN6O4. The number of fused-ring (bicyclic) bond motifs is 1. The maximum atomic E-state index is 10.8. The number of amides is 1. The summed E-state index contributed by atoms with van der Waals surface area (Å²) < 4.78 is 5.75. The fraction of sp³-hybridized carbons (Fsp3) is 0.207. The number of rotatable bonds is 10. The van der Waals surface area contributed by atoms with Crippen LogP contribution in [-0.2, 0) is 16.2 Å². The molecule has 0 fully saturated rings. The van der Waals surface area contributed by atoms with Crippen LogP contribution in [0.15, 0.2) is 79.8 Å². The lowest BCUT2D eigenvalue weighted by atomic mass is 10.0. The molecule has 208 valence electrons. The van der Waals surface area contributed by atoms with E-state index in [1.807, 2.05) is 62.4 Å². The van der Waals surface area contributed by atoms with Crippen LogP contribution in [0.5, 0.6) is 5.75 Å². The summed E-state index contributed by atoms with van der Waals surface area (Å²) in [5.74, 6) is 0.0124. The number of carbonyl (C=O) groups excluding carboxylic acids is 1. The van der Waals surface area contributed by atoms with Gasteiger partial charge in [0.1, 0.15) is 30.5 Å². The molecule has 0 spiro atoms. The van der Waals surface area contributed by atoms with E-state index in [1.54, 1.807) is 12.3 Å². The Balaban J connectivity index is 0.000000289. The first-order valence-corrected chi connectivity index (χ1v) is 12.8. The van der Waals surface area contributed by atoms with Crippen molar-refractivity contribution in [3.8, 4) is 5.75 Å². The van der Waals surface area contributed by atoms with E-state index in [-0.39, 0.29) is 5.92 Å². The van der Waals surface area contributed by atoms with Gasteiger partial charge in [-0.05, 0) is 66.9 Å². The second-order valence-corrected chi connectivity index (χ2v) is 9.52. The van der Waals surface area contributed by atoms with Gasteiger partial charge in [-0.1, -0.05) is 38.1 Å². The van der Waals surface area contributed by atoms with Gasteiger partial charge >= 0.3 is 5.97 Å². The van der Waals surface area contributed by atoms with Gasteiger partial charge in [-0.25, -0.2) is 14.8 Å². The molecule has 4 aromatic rings. The van der Waals surface area contributed by atoms with Crippen LogP contribution in [0, 0.1) is 5.92 Å². The summed E-state index contributed by atoms with van der Waals surface area (Å²) in [5.41, 5.74) is 8.96. The highest BCUT2D eigenvalue weighted by molar-refractivity contribution is 6.32. The van der Waals surface area contributed by atoms with Crippen LogP contribution < -0.4 is 21.1 Å². The summed E-state index contributed by atoms with van der Waals surface area (Å²) in [7, 11) is 0. The molecule has 0 aliphatic heterocycles. The minimum atomic E-state index is -1.01. The average Bonchev–Trinajstić information content (AvgIpc) is 2.93. The van der Waals surface area contributed by atoms with Crippen molar-refractivity contribution in [2.75, 3.05) is 11.1 Å². The predicted molar refractivity (Wildman–Crippen MR) is 156 cm³/mol. The second-order valence-electron chi connectivity index (χ2n) is 9.11. The standard InChI is InChI=1S/C20H16ClN5O.C9H15NO3/c21-17-10-14(5-7-19(17)27-11-15-3-1-2-8-23-15)26-20-16-9-13(22)4-6-18(16)24-12-25-20;1-4-8(11)10-7(9(12)13)5-6(2)3/h1-10,12H,11,22H2,(H,24,25,26);4,6-7H,1,5H2,2-3H3,(H,10,11)(H,12,13)/t;7-/m.0/s1. The number of nitrogens with two attached hydrogens (primary N) is 1. The highest BCUT2D eigenvalue weighted by atomic mass is 35.5. The number of nitrogen functional groups attached to an aromatic ring is 1. The number of carbonyl (C=O) groups is 2. The Labute approximate surface area is 237 Å². The third-order valence-electron chi connectivity index (χ3n) is 5.46. The first-order valence-electron chi connectivity index (χ1n) is 12.4. The van der Waals surface area contributed by atoms with E-state index in [4.69, 9.17) is 27.2 Å². The lowest BCUT2D eigenvalue weighted by Gasteiger charge is -2.14. The summed E-state index contributed by atoms with van der Waals surface area (Å²) in [6.45, 7) is 7.40. The Morgan fingerprint density at radius 2 is 1.93 bits per heavy atom. The molecule has 10 nitrogen and oxygen atoms in total. The average molecular weight is 563 g/mol. The van der Waals surface area contributed by atoms with Crippen LogP contribution in [0.25, 0.3) is 10.9 Å². The highest BCUT2D eigenvalue weighted by Gasteiger charge is 2.19. The first-order chi connectivity index (χ1) is 19.2. The van der Waals surface area contributed by atoms with Gasteiger partial charge in [0.2, 0.25) is 5.91 Å². The summed E-state index contributed by atoms with van der Waals surface area (Å²) >= 11 is 6.37. The normalized spacial score (nSPS) is 11.2. The van der Waals surface area contributed by atoms with Gasteiger partial charge in [-0.15, -0.1) is 0 Å². The number of hydrogen-bond donors (Lipinski definition) is 4. The quantitative estimate of drug-likeness (QED) is 0.147. The molecule has 1 amide bonds. The van der Waals surface area contributed by atoms with Gasteiger partial charge in [0.25, 0.3) is 0 Å². The number of ether oxygens (including phenoxy) is 1. The number of aliphatic carboxylic acids is 1. The lowest BCUT2D eigenvalue weighted by Crippen LogP contribution is -2.40. The van der Waals surface area contributed by atoms with E-state index in [9.17, 15) is 9.59 Å². The third kappa shape index (κ3) is 8.95. The highest BCUT2D eigenvalue weighted by Crippen LogP contribution is 2.31. The van der Waals surface area contributed by atoms with Gasteiger partial charge in [-0.2, -0.15) is 0 Å². The molecule has 2 aromatic carbocycles. The molecule has 0 aliphatic carbocycles. The molecule has 2 heterocycles. The van der Waals surface area contributed by atoms with Crippen molar-refractivity contribution in [3.63, 3.8) is 0 Å². The number of pyridine rings is 1. The Kier molecular flexibility index (Phi) is 10.8. The number of halogens is 1. The Hall–Kier alpha value is -4.70. The van der Waals surface area contributed by atoms with Crippen molar-refractivity contribution in [2.24, 2.45) is 5.92 Å². The summed E-state index contributed by atoms with van der Waals surface area (Å²) in [6.07, 6.45) is 4.73. The van der Waals surface area contributed by atoms with Crippen molar-refractivity contribution in [1.82, 2.24) is 20.3 Å². The van der Waals surface area contributed by atoms with Gasteiger partial charge in [-0.3, -0.25) is 9.78 Å². The zero-order chi connectivity index (χ0) is 29.1. The molecule has 0 saturated heterocycles. The minimum absolute atomic E-state index is 0.228. The van der Waals surface area contributed by atoms with Crippen LogP contribution in [-0.4, -0.2) is 38.0 Å². The monoisotopic (exact) mass is 562 g/mol. The molecule has 40 heavy (non-hydrogen) atoms. The fourth-order valence-electron chi connectivity index (χ4n) is 3.56. The van der Waals surface area contributed by atoms with Crippen LogP contribution in [0.3, 0.4) is 0 Å². The largest absolute Gasteiger partial charge is 0.486 e. The van der Waals surface area contributed by atoms with E-state index in [2.05, 4.69) is 32.2 Å². The van der Waals surface area contributed by atoms with Gasteiger partial charge < -0.3 is 26.2 Å². The first kappa shape index (κ1) is 29.9. The Morgan fingerprint density at radius 1 is 1.12 bits per heavy atom. The van der Waals surface area contributed by atoms with Crippen molar-refractivity contribution in [1.29, 1.82) is 0 Å². The zero-order valence-electron chi connectivity index (χ0n) is 22.2. The van der Waals surface area contributed by atoms with Crippen molar-refractivity contribution >= 4 is 51.6 Å². The molecule has 1 atom stereocenters. The molecule has 0 saturated carbocycles. The van der Waals surface area contributed by atoms with Crippen LogP contribution in [0.2, 0.25) is 5.02 Å². The SMILES string of the molecule is C=CC(=O)N[C@@H](CC(C)C)C(=O)O.Nc1ccc2ncnc(Nc3ccc(OCc4ccccn4)c(Cl)c3)c2c1. The van der Waals surface area contributed by atoms with E-state index < -0.39 is 17.9 Å². The van der Waals surface area contributed by atoms with Gasteiger partial charge in [0.15, 0.2) is 0 Å². The number of benzene rings is 2. The topological polar surface area (TPSA) is 152 Å². The number of nitrogens with zero attached hydrogens (tertiary/aromatic N) is 3. The Bertz CT molecular complexity index is 1470. The summed E-state index contributed by atoms with van der Waals surface area (Å²) in [4.78, 5) is 34.2. The smallest absolute Gasteiger partial charge is 0.326 e. The van der Waals surface area contributed by atoms with E-state index in [1.165, 1.54) is 6.33 Å². The minimum Gasteiger partial charge on any atom is -0.486 e. The number of hydrogen-bond acceptors (Lipinski definition) is 8. The van der Waals surface area contributed by atoms with Gasteiger partial charge in [0.05, 0.1) is 16.2 Å². The maximum absolute atomic E-state index is 10.8. The van der Waals surface area contributed by atoms with E-state index in [0.717, 1.165) is 28.4 Å². The number of anilines is 3. The van der Waals surface area contributed by atoms with Crippen LogP contribution >= 0.6 is 11.6 Å². The van der Waals surface area contributed by atoms with Gasteiger partial charge in [0, 0.05) is 23.0 Å². The predicted octanol–water partition coefficient (Wildman–Crippen LogP) is 5.37. The maximum Gasteiger partial charge on any atom is 0.326 e. The van der Waals surface area contributed by atoms with Crippen molar-refractivity contribution in [2.45, 2.75) is 32.9 Å². The molecule has 0 unspecified atom stereocenters. The fourth-order valence-corrected chi connectivity index (χ4v) is 3.80. The molecule has 0 radical (unpaired) electrons. The lowest BCUT2D eigenvalue weighted by molar-refractivity contribution is -0.141. The number of carboxylic acids is 1. The van der Waals surface area contributed by atoms with E-state index >= 15 is 0 Å². The van der Waals surface area contributed by atoms with Crippen LogP contribution in [0.4, 0.5) is 17.2 Å². The molecule has 4 rings (SSSR count). The Morgan fingerprint density at radius 3 is 2.58 bits per heavy atom. The molecule has 0 bridgehead atoms. The molecule has 2 aromatic heterocycles. The van der Waals surface area contributed by atoms with E-state index in [0.29, 0.717) is 35.3 Å².